The van der Waals surface area contributed by atoms with Gasteiger partial charge in [-0.15, -0.1) is 0 Å². The van der Waals surface area contributed by atoms with Crippen molar-refractivity contribution in [3.8, 4) is 0 Å². The topological polar surface area (TPSA) is 69.7 Å². The lowest BCUT2D eigenvalue weighted by Crippen LogP contribution is -2.30. The highest BCUT2D eigenvalue weighted by Crippen LogP contribution is 2.21. The van der Waals surface area contributed by atoms with Gasteiger partial charge in [0.05, 0.1) is 5.56 Å². The summed E-state index contributed by atoms with van der Waals surface area (Å²) in [5.41, 5.74) is 3.44. The first-order chi connectivity index (χ1) is 15.3. The van der Waals surface area contributed by atoms with Crippen molar-refractivity contribution in [3.63, 3.8) is 0 Å². The zero-order valence-corrected chi connectivity index (χ0v) is 19.8. The predicted octanol–water partition coefficient (Wildman–Crippen LogP) is 5.92. The summed E-state index contributed by atoms with van der Waals surface area (Å²) in [6.45, 7) is 9.60. The molecule has 0 saturated heterocycles. The van der Waals surface area contributed by atoms with Crippen LogP contribution in [0.2, 0.25) is 0 Å². The molecule has 2 aromatic carbocycles. The van der Waals surface area contributed by atoms with Crippen LogP contribution in [0.4, 0.5) is 0 Å². The first-order valence-corrected chi connectivity index (χ1v) is 11.4. The van der Waals surface area contributed by atoms with Crippen LogP contribution >= 0.6 is 0 Å². The zero-order valence-electron chi connectivity index (χ0n) is 19.8. The average molecular weight is 439 g/mol. The molecular formula is C27H34O5. The molecular weight excluding hydrogens is 404 g/mol. The standard InChI is InChI=1S/C27H34O5/c1-6-11-22(31-26(29)21-13-9-8-10-14-21)17-23(12-7-2)32-27(30)25(28)24-19(4)15-18(3)16-20(24)5/h8-10,13-16,22-23H,6-7,11-12,17H2,1-5H3. The highest BCUT2D eigenvalue weighted by atomic mass is 16.6. The third-order valence-electron chi connectivity index (χ3n) is 5.39. The van der Waals surface area contributed by atoms with E-state index in [9.17, 15) is 14.4 Å². The van der Waals surface area contributed by atoms with Gasteiger partial charge in [-0.05, 0) is 56.9 Å². The van der Waals surface area contributed by atoms with Crippen LogP contribution in [0, 0.1) is 20.8 Å². The molecule has 0 aliphatic carbocycles. The molecule has 5 nitrogen and oxygen atoms in total. The van der Waals surface area contributed by atoms with Crippen molar-refractivity contribution in [3.05, 3.63) is 70.3 Å². The van der Waals surface area contributed by atoms with Gasteiger partial charge in [0.1, 0.15) is 12.2 Å². The summed E-state index contributed by atoms with van der Waals surface area (Å²) in [5, 5.41) is 0. The lowest BCUT2D eigenvalue weighted by Gasteiger charge is -2.24. The van der Waals surface area contributed by atoms with Gasteiger partial charge < -0.3 is 9.47 Å². The Morgan fingerprint density at radius 2 is 1.34 bits per heavy atom. The van der Waals surface area contributed by atoms with Crippen LogP contribution in [0.15, 0.2) is 42.5 Å². The molecule has 2 aromatic rings. The summed E-state index contributed by atoms with van der Waals surface area (Å²) in [6, 6.07) is 12.6. The van der Waals surface area contributed by atoms with Crippen LogP contribution in [0.3, 0.4) is 0 Å². The third kappa shape index (κ3) is 7.04. The Bertz CT molecular complexity index is 909. The molecule has 32 heavy (non-hydrogen) atoms. The highest BCUT2D eigenvalue weighted by Gasteiger charge is 2.27. The molecule has 0 aromatic heterocycles. The van der Waals surface area contributed by atoms with Crippen molar-refractivity contribution in [2.75, 3.05) is 0 Å². The molecule has 2 rings (SSSR count). The molecule has 0 N–H and O–H groups in total. The number of esters is 2. The largest absolute Gasteiger partial charge is 0.459 e. The monoisotopic (exact) mass is 438 g/mol. The quantitative estimate of drug-likeness (QED) is 0.247. The van der Waals surface area contributed by atoms with Crippen molar-refractivity contribution in [1.82, 2.24) is 0 Å². The van der Waals surface area contributed by atoms with E-state index < -0.39 is 29.9 Å². The Morgan fingerprint density at radius 1 is 0.812 bits per heavy atom. The maximum absolute atomic E-state index is 12.9. The van der Waals surface area contributed by atoms with Gasteiger partial charge in [0.2, 0.25) is 0 Å². The summed E-state index contributed by atoms with van der Waals surface area (Å²) in [5.74, 6) is -1.88. The van der Waals surface area contributed by atoms with Crippen LogP contribution < -0.4 is 0 Å². The smallest absolute Gasteiger partial charge is 0.379 e. The Kier molecular flexibility index (Phi) is 9.63. The number of hydrogen-bond donors (Lipinski definition) is 0. The first-order valence-electron chi connectivity index (χ1n) is 11.4. The van der Waals surface area contributed by atoms with Crippen LogP contribution in [0.25, 0.3) is 0 Å². The second-order valence-corrected chi connectivity index (χ2v) is 8.34. The van der Waals surface area contributed by atoms with Crippen molar-refractivity contribution in [2.45, 2.75) is 78.9 Å². The van der Waals surface area contributed by atoms with Gasteiger partial charge in [-0.1, -0.05) is 62.6 Å². The molecule has 0 amide bonds. The minimum absolute atomic E-state index is 0.366. The van der Waals surface area contributed by atoms with Crippen LogP contribution in [-0.2, 0) is 14.3 Å². The maximum Gasteiger partial charge on any atom is 0.379 e. The fraction of sp³-hybridized carbons (Fsp3) is 0.444. The fourth-order valence-corrected chi connectivity index (χ4v) is 4.03. The van der Waals surface area contributed by atoms with Gasteiger partial charge in [-0.3, -0.25) is 4.79 Å². The second-order valence-electron chi connectivity index (χ2n) is 8.34. The first kappa shape index (κ1) is 25.3. The normalized spacial score (nSPS) is 12.7. The maximum atomic E-state index is 12.9. The number of benzene rings is 2. The molecule has 0 radical (unpaired) electrons. The molecule has 0 fully saturated rings. The van der Waals surface area contributed by atoms with Crippen molar-refractivity contribution in [1.29, 1.82) is 0 Å². The molecule has 0 saturated carbocycles. The Morgan fingerprint density at radius 3 is 1.88 bits per heavy atom. The fourth-order valence-electron chi connectivity index (χ4n) is 4.03. The van der Waals surface area contributed by atoms with E-state index in [1.165, 1.54) is 0 Å². The number of carbonyl (C=O) groups excluding carboxylic acids is 3. The van der Waals surface area contributed by atoms with E-state index in [1.807, 2.05) is 52.8 Å². The van der Waals surface area contributed by atoms with E-state index in [0.717, 1.165) is 29.5 Å². The predicted molar refractivity (Wildman–Crippen MR) is 125 cm³/mol. The molecule has 0 bridgehead atoms. The summed E-state index contributed by atoms with van der Waals surface area (Å²) < 4.78 is 11.3. The van der Waals surface area contributed by atoms with E-state index >= 15 is 0 Å². The van der Waals surface area contributed by atoms with Crippen LogP contribution in [0.1, 0.15) is 83.4 Å². The Labute approximate surface area is 191 Å². The van der Waals surface area contributed by atoms with E-state index in [1.54, 1.807) is 24.3 Å². The zero-order chi connectivity index (χ0) is 23.7. The SMILES string of the molecule is CCCC(CC(CCC)OC(=O)c1ccccc1)OC(=O)C(=O)c1c(C)cc(C)cc1C. The van der Waals surface area contributed by atoms with Crippen LogP contribution in [-0.4, -0.2) is 29.9 Å². The minimum Gasteiger partial charge on any atom is -0.459 e. The number of Topliss-reactive ketones (excluding diaryl/α,β-unsaturated/α-hetero) is 1. The lowest BCUT2D eigenvalue weighted by molar-refractivity contribution is -0.145. The van der Waals surface area contributed by atoms with Gasteiger partial charge >= 0.3 is 11.9 Å². The average Bonchev–Trinajstić information content (AvgIpc) is 2.73. The van der Waals surface area contributed by atoms with Gasteiger partial charge in [0, 0.05) is 12.0 Å². The third-order valence-corrected chi connectivity index (χ3v) is 5.39. The summed E-state index contributed by atoms with van der Waals surface area (Å²) in [7, 11) is 0. The summed E-state index contributed by atoms with van der Waals surface area (Å²) >= 11 is 0. The number of carbonyl (C=O) groups is 3. The Balaban J connectivity index is 2.11. The lowest BCUT2D eigenvalue weighted by atomic mass is 9.96. The van der Waals surface area contributed by atoms with E-state index in [2.05, 4.69) is 0 Å². The van der Waals surface area contributed by atoms with Gasteiger partial charge in [0.15, 0.2) is 0 Å². The second kappa shape index (κ2) is 12.2. The van der Waals surface area contributed by atoms with Crippen molar-refractivity contribution in [2.24, 2.45) is 0 Å². The Hall–Kier alpha value is -2.95. The van der Waals surface area contributed by atoms with Gasteiger partial charge in [-0.2, -0.15) is 0 Å². The summed E-state index contributed by atoms with van der Waals surface area (Å²) in [4.78, 5) is 38.1. The van der Waals surface area contributed by atoms with E-state index in [4.69, 9.17) is 9.47 Å². The van der Waals surface area contributed by atoms with Crippen LogP contribution in [0.5, 0.6) is 0 Å². The van der Waals surface area contributed by atoms with Gasteiger partial charge in [0.25, 0.3) is 5.78 Å². The van der Waals surface area contributed by atoms with Crippen molar-refractivity contribution >= 4 is 17.7 Å². The number of hydrogen-bond acceptors (Lipinski definition) is 5. The molecule has 2 atom stereocenters. The molecule has 172 valence electrons. The van der Waals surface area contributed by atoms with E-state index in [0.29, 0.717) is 30.4 Å². The molecule has 2 unspecified atom stereocenters. The highest BCUT2D eigenvalue weighted by molar-refractivity contribution is 6.41. The van der Waals surface area contributed by atoms with Crippen molar-refractivity contribution < 1.29 is 23.9 Å². The molecule has 5 heteroatoms. The number of rotatable bonds is 11. The molecule has 0 heterocycles. The molecule has 0 spiro atoms. The van der Waals surface area contributed by atoms with Gasteiger partial charge in [-0.25, -0.2) is 9.59 Å². The van der Waals surface area contributed by atoms with E-state index in [-0.39, 0.29) is 0 Å². The summed E-state index contributed by atoms with van der Waals surface area (Å²) in [6.07, 6.45) is 2.32. The number of ether oxygens (including phenoxy) is 2. The number of aryl methyl sites for hydroxylation is 3. The number of ketones is 1. The minimum atomic E-state index is -0.858. The molecule has 0 aliphatic rings. The molecule has 0 aliphatic heterocycles.